The van der Waals surface area contributed by atoms with Gasteiger partial charge in [-0.25, -0.2) is 0 Å². The predicted molar refractivity (Wildman–Crippen MR) is 72.6 cm³/mol. The second kappa shape index (κ2) is 5.92. The van der Waals surface area contributed by atoms with Crippen molar-refractivity contribution in [3.8, 4) is 0 Å². The number of aliphatic hydroxyl groups is 1. The summed E-state index contributed by atoms with van der Waals surface area (Å²) < 4.78 is 0. The van der Waals surface area contributed by atoms with Crippen molar-refractivity contribution >= 4 is 11.4 Å². The molecule has 17 heavy (non-hydrogen) atoms. The highest BCUT2D eigenvalue weighted by Crippen LogP contribution is 2.22. The molecular formula is C14H22N2O. The normalized spacial score (nSPS) is 17.2. The molecule has 1 saturated heterocycles. The van der Waals surface area contributed by atoms with Crippen molar-refractivity contribution < 1.29 is 5.11 Å². The van der Waals surface area contributed by atoms with Crippen molar-refractivity contribution in [2.45, 2.75) is 19.8 Å². The first kappa shape index (κ1) is 12.2. The van der Waals surface area contributed by atoms with Crippen LogP contribution in [0.4, 0.5) is 11.4 Å². The van der Waals surface area contributed by atoms with Crippen molar-refractivity contribution in [3.63, 3.8) is 0 Å². The number of aliphatic hydroxyl groups excluding tert-OH is 1. The average Bonchev–Trinajstić information content (AvgIpc) is 2.90. The van der Waals surface area contributed by atoms with Gasteiger partial charge in [0.05, 0.1) is 0 Å². The Kier molecular flexibility index (Phi) is 4.26. The van der Waals surface area contributed by atoms with Crippen molar-refractivity contribution in [3.05, 3.63) is 24.3 Å². The summed E-state index contributed by atoms with van der Waals surface area (Å²) in [6.45, 7) is 5.46. The van der Waals surface area contributed by atoms with Crippen molar-refractivity contribution in [1.82, 2.24) is 0 Å². The molecule has 0 amide bonds. The molecule has 1 heterocycles. The van der Waals surface area contributed by atoms with E-state index in [1.807, 2.05) is 6.92 Å². The van der Waals surface area contributed by atoms with Crippen LogP contribution < -0.4 is 10.2 Å². The third-order valence-corrected chi connectivity index (χ3v) is 3.30. The van der Waals surface area contributed by atoms with E-state index in [0.717, 1.165) is 12.2 Å². The van der Waals surface area contributed by atoms with E-state index in [2.05, 4.69) is 34.5 Å². The topological polar surface area (TPSA) is 35.5 Å². The van der Waals surface area contributed by atoms with Gasteiger partial charge < -0.3 is 15.3 Å². The Morgan fingerprint density at radius 2 is 1.88 bits per heavy atom. The van der Waals surface area contributed by atoms with Gasteiger partial charge in [-0.05, 0) is 43.0 Å². The third-order valence-electron chi connectivity index (χ3n) is 3.30. The molecule has 0 bridgehead atoms. The number of rotatable bonds is 5. The van der Waals surface area contributed by atoms with Crippen LogP contribution in [0.15, 0.2) is 24.3 Å². The quantitative estimate of drug-likeness (QED) is 0.820. The lowest BCUT2D eigenvalue weighted by Crippen LogP contribution is -2.17. The van der Waals surface area contributed by atoms with Gasteiger partial charge in [0, 0.05) is 37.6 Å². The lowest BCUT2D eigenvalue weighted by atomic mass is 10.2. The highest BCUT2D eigenvalue weighted by atomic mass is 16.3. The fraction of sp³-hybridized carbons (Fsp3) is 0.571. The lowest BCUT2D eigenvalue weighted by molar-refractivity contribution is 0.244. The van der Waals surface area contributed by atoms with E-state index >= 15 is 0 Å². The monoisotopic (exact) mass is 234 g/mol. The van der Waals surface area contributed by atoms with E-state index in [9.17, 15) is 0 Å². The minimum Gasteiger partial charge on any atom is -0.396 e. The molecule has 1 aliphatic rings. The Morgan fingerprint density at radius 3 is 2.47 bits per heavy atom. The Bertz CT molecular complexity index is 331. The van der Waals surface area contributed by atoms with Gasteiger partial charge in [-0.3, -0.25) is 0 Å². The van der Waals surface area contributed by atoms with Crippen LogP contribution >= 0.6 is 0 Å². The first-order valence-corrected chi connectivity index (χ1v) is 6.49. The fourth-order valence-corrected chi connectivity index (χ4v) is 2.12. The molecule has 94 valence electrons. The smallest absolute Gasteiger partial charge is 0.0473 e. The van der Waals surface area contributed by atoms with Crippen molar-refractivity contribution in [2.24, 2.45) is 5.92 Å². The molecule has 2 rings (SSSR count). The first-order chi connectivity index (χ1) is 8.29. The van der Waals surface area contributed by atoms with Gasteiger partial charge in [0.1, 0.15) is 0 Å². The average molecular weight is 234 g/mol. The zero-order valence-electron chi connectivity index (χ0n) is 10.5. The molecule has 0 saturated carbocycles. The number of nitrogens with one attached hydrogen (secondary N) is 1. The maximum absolute atomic E-state index is 8.95. The minimum absolute atomic E-state index is 0.235. The number of hydrogen-bond donors (Lipinski definition) is 2. The van der Waals surface area contributed by atoms with E-state index in [1.165, 1.54) is 31.6 Å². The maximum atomic E-state index is 8.95. The van der Waals surface area contributed by atoms with Gasteiger partial charge in [0.15, 0.2) is 0 Å². The molecule has 0 aliphatic carbocycles. The molecule has 0 spiro atoms. The number of anilines is 2. The third kappa shape index (κ3) is 3.37. The standard InChI is InChI=1S/C14H22N2O/c1-12(11-17)10-15-13-4-6-14(7-5-13)16-8-2-3-9-16/h4-7,12,15,17H,2-3,8-11H2,1H3. The summed E-state index contributed by atoms with van der Waals surface area (Å²) in [7, 11) is 0. The van der Waals surface area contributed by atoms with E-state index in [0.29, 0.717) is 5.92 Å². The Balaban J connectivity index is 1.88. The summed E-state index contributed by atoms with van der Waals surface area (Å²) in [5.74, 6) is 0.299. The molecule has 1 aromatic rings. The maximum Gasteiger partial charge on any atom is 0.0473 e. The summed E-state index contributed by atoms with van der Waals surface area (Å²) in [5.41, 5.74) is 2.46. The number of benzene rings is 1. The lowest BCUT2D eigenvalue weighted by Gasteiger charge is -2.18. The van der Waals surface area contributed by atoms with Crippen LogP contribution in [0.5, 0.6) is 0 Å². The molecule has 0 aromatic heterocycles. The molecule has 1 atom stereocenters. The Labute approximate surface area is 103 Å². The van der Waals surface area contributed by atoms with Gasteiger partial charge in [0.2, 0.25) is 0 Å². The van der Waals surface area contributed by atoms with E-state index in [1.54, 1.807) is 0 Å². The van der Waals surface area contributed by atoms with Crippen molar-refractivity contribution in [1.29, 1.82) is 0 Å². The fourth-order valence-electron chi connectivity index (χ4n) is 2.12. The van der Waals surface area contributed by atoms with E-state index in [-0.39, 0.29) is 6.61 Å². The van der Waals surface area contributed by atoms with Crippen LogP contribution in [0, 0.1) is 5.92 Å². The largest absolute Gasteiger partial charge is 0.396 e. The number of nitrogens with zero attached hydrogens (tertiary/aromatic N) is 1. The predicted octanol–water partition coefficient (Wildman–Crippen LogP) is 2.33. The second-order valence-electron chi connectivity index (χ2n) is 4.91. The molecule has 2 N–H and O–H groups in total. The number of hydrogen-bond acceptors (Lipinski definition) is 3. The molecular weight excluding hydrogens is 212 g/mol. The van der Waals surface area contributed by atoms with Crippen LogP contribution in [-0.4, -0.2) is 31.3 Å². The molecule has 3 heteroatoms. The molecule has 1 unspecified atom stereocenters. The summed E-state index contributed by atoms with van der Waals surface area (Å²) in [6, 6.07) is 8.60. The SMILES string of the molecule is CC(CO)CNc1ccc(N2CCCC2)cc1. The highest BCUT2D eigenvalue weighted by Gasteiger charge is 2.11. The zero-order chi connectivity index (χ0) is 12.1. The second-order valence-corrected chi connectivity index (χ2v) is 4.91. The minimum atomic E-state index is 0.235. The molecule has 1 aliphatic heterocycles. The van der Waals surface area contributed by atoms with E-state index in [4.69, 9.17) is 5.11 Å². The summed E-state index contributed by atoms with van der Waals surface area (Å²) >= 11 is 0. The van der Waals surface area contributed by atoms with Gasteiger partial charge in [-0.2, -0.15) is 0 Å². The summed E-state index contributed by atoms with van der Waals surface area (Å²) in [6.07, 6.45) is 2.63. The van der Waals surface area contributed by atoms with Crippen LogP contribution in [-0.2, 0) is 0 Å². The van der Waals surface area contributed by atoms with Crippen LogP contribution in [0.2, 0.25) is 0 Å². The van der Waals surface area contributed by atoms with Crippen LogP contribution in [0.3, 0.4) is 0 Å². The van der Waals surface area contributed by atoms with Crippen molar-refractivity contribution in [2.75, 3.05) is 36.5 Å². The molecule has 1 fully saturated rings. The summed E-state index contributed by atoms with van der Waals surface area (Å²) in [5, 5.41) is 12.3. The van der Waals surface area contributed by atoms with Crippen LogP contribution in [0.25, 0.3) is 0 Å². The van der Waals surface area contributed by atoms with Gasteiger partial charge in [-0.15, -0.1) is 0 Å². The molecule has 1 aromatic carbocycles. The summed E-state index contributed by atoms with van der Waals surface area (Å²) in [4.78, 5) is 2.43. The van der Waals surface area contributed by atoms with Crippen LogP contribution in [0.1, 0.15) is 19.8 Å². The Hall–Kier alpha value is -1.22. The molecule has 3 nitrogen and oxygen atoms in total. The van der Waals surface area contributed by atoms with Gasteiger partial charge >= 0.3 is 0 Å². The molecule has 0 radical (unpaired) electrons. The first-order valence-electron chi connectivity index (χ1n) is 6.49. The Morgan fingerprint density at radius 1 is 1.24 bits per heavy atom. The highest BCUT2D eigenvalue weighted by molar-refractivity contribution is 5.55. The zero-order valence-corrected chi connectivity index (χ0v) is 10.5. The van der Waals surface area contributed by atoms with Gasteiger partial charge in [-0.1, -0.05) is 6.92 Å². The van der Waals surface area contributed by atoms with Gasteiger partial charge in [0.25, 0.3) is 0 Å². The van der Waals surface area contributed by atoms with E-state index < -0.39 is 0 Å².